The summed E-state index contributed by atoms with van der Waals surface area (Å²) in [6, 6.07) is 0.328. The van der Waals surface area contributed by atoms with Gasteiger partial charge >= 0.3 is 0 Å². The van der Waals surface area contributed by atoms with Gasteiger partial charge < -0.3 is 14.8 Å². The molecule has 146 valence electrons. The second kappa shape index (κ2) is 8.23. The number of ether oxygens (including phenoxy) is 2. The molecule has 1 aromatic heterocycles. The number of hydrogen-bond acceptors (Lipinski definition) is 6. The molecule has 0 bridgehead atoms. The Kier molecular flexibility index (Phi) is 5.96. The molecule has 2 aliphatic carbocycles. The van der Waals surface area contributed by atoms with Crippen LogP contribution in [0.5, 0.6) is 0 Å². The summed E-state index contributed by atoms with van der Waals surface area (Å²) in [7, 11) is 0. The SMILES string of the molecule is CCOC1CC(CNC(C)c2nc3c(s2)CCCC3)(N2CCOCC2)C1. The molecule has 0 spiro atoms. The Morgan fingerprint density at radius 1 is 1.31 bits per heavy atom. The first kappa shape index (κ1) is 18.8. The van der Waals surface area contributed by atoms with E-state index in [1.54, 1.807) is 0 Å². The Morgan fingerprint density at radius 3 is 2.81 bits per heavy atom. The van der Waals surface area contributed by atoms with Crippen molar-refractivity contribution in [2.75, 3.05) is 39.5 Å². The van der Waals surface area contributed by atoms with Gasteiger partial charge in [0.05, 0.1) is 31.1 Å². The fraction of sp³-hybridized carbons (Fsp3) is 0.850. The third kappa shape index (κ3) is 3.85. The molecule has 1 aliphatic heterocycles. The Balaban J connectivity index is 1.39. The molecule has 1 aromatic rings. The van der Waals surface area contributed by atoms with E-state index in [0.717, 1.165) is 52.3 Å². The zero-order valence-corrected chi connectivity index (χ0v) is 17.1. The van der Waals surface area contributed by atoms with Gasteiger partial charge in [0, 0.05) is 36.7 Å². The van der Waals surface area contributed by atoms with Crippen LogP contribution in [-0.2, 0) is 22.3 Å². The van der Waals surface area contributed by atoms with Crippen molar-refractivity contribution in [2.24, 2.45) is 0 Å². The highest BCUT2D eigenvalue weighted by molar-refractivity contribution is 7.11. The lowest BCUT2D eigenvalue weighted by Gasteiger charge is -2.55. The fourth-order valence-electron chi connectivity index (χ4n) is 4.68. The first-order valence-corrected chi connectivity index (χ1v) is 11.2. The highest BCUT2D eigenvalue weighted by Crippen LogP contribution is 2.40. The van der Waals surface area contributed by atoms with Crippen LogP contribution in [0.4, 0.5) is 0 Å². The van der Waals surface area contributed by atoms with Crippen molar-refractivity contribution < 1.29 is 9.47 Å². The molecule has 26 heavy (non-hydrogen) atoms. The molecule has 1 saturated heterocycles. The number of nitrogens with zero attached hydrogens (tertiary/aromatic N) is 2. The summed E-state index contributed by atoms with van der Waals surface area (Å²) in [6.45, 7) is 10.0. The number of nitrogens with one attached hydrogen (secondary N) is 1. The monoisotopic (exact) mass is 379 g/mol. The molecule has 5 nitrogen and oxygen atoms in total. The van der Waals surface area contributed by atoms with Gasteiger partial charge in [-0.2, -0.15) is 0 Å². The molecule has 1 N–H and O–H groups in total. The van der Waals surface area contributed by atoms with E-state index in [1.807, 2.05) is 11.3 Å². The first-order valence-electron chi connectivity index (χ1n) is 10.4. The van der Waals surface area contributed by atoms with Gasteiger partial charge in [0.15, 0.2) is 0 Å². The number of aryl methyl sites for hydroxylation is 2. The van der Waals surface area contributed by atoms with E-state index in [9.17, 15) is 0 Å². The van der Waals surface area contributed by atoms with E-state index < -0.39 is 0 Å². The molecule has 0 amide bonds. The number of fused-ring (bicyclic) bond motifs is 1. The van der Waals surface area contributed by atoms with Gasteiger partial charge in [0.1, 0.15) is 5.01 Å². The molecule has 0 radical (unpaired) electrons. The number of hydrogen-bond donors (Lipinski definition) is 1. The van der Waals surface area contributed by atoms with E-state index in [-0.39, 0.29) is 5.54 Å². The van der Waals surface area contributed by atoms with Gasteiger partial charge in [-0.25, -0.2) is 4.98 Å². The Morgan fingerprint density at radius 2 is 2.08 bits per heavy atom. The standard InChI is InChI=1S/C20H33N3O2S/c1-3-25-16-12-20(13-16,23-8-10-24-11-9-23)14-21-15(2)19-22-17-6-4-5-7-18(17)26-19/h15-16,21H,3-14H2,1-2H3. The van der Waals surface area contributed by atoms with Crippen LogP contribution in [0, 0.1) is 0 Å². The zero-order chi connectivity index (χ0) is 18.0. The summed E-state index contributed by atoms with van der Waals surface area (Å²) < 4.78 is 11.5. The average molecular weight is 380 g/mol. The Hall–Kier alpha value is -0.530. The van der Waals surface area contributed by atoms with Crippen molar-refractivity contribution in [3.8, 4) is 0 Å². The van der Waals surface area contributed by atoms with Crippen LogP contribution in [0.25, 0.3) is 0 Å². The number of morpholine rings is 1. The van der Waals surface area contributed by atoms with Crippen LogP contribution in [0.2, 0.25) is 0 Å². The van der Waals surface area contributed by atoms with Gasteiger partial charge in [0.25, 0.3) is 0 Å². The molecule has 1 saturated carbocycles. The van der Waals surface area contributed by atoms with Crippen LogP contribution in [0.1, 0.15) is 61.2 Å². The lowest BCUT2D eigenvalue weighted by Crippen LogP contribution is -2.66. The molecule has 2 heterocycles. The van der Waals surface area contributed by atoms with E-state index >= 15 is 0 Å². The van der Waals surface area contributed by atoms with Crippen LogP contribution in [0.3, 0.4) is 0 Å². The third-order valence-electron chi connectivity index (χ3n) is 6.27. The highest BCUT2D eigenvalue weighted by atomic mass is 32.1. The minimum absolute atomic E-state index is 0.231. The summed E-state index contributed by atoms with van der Waals surface area (Å²) in [5.74, 6) is 0. The average Bonchev–Trinajstić information content (AvgIpc) is 3.08. The topological polar surface area (TPSA) is 46.6 Å². The molecular weight excluding hydrogens is 346 g/mol. The fourth-order valence-corrected chi connectivity index (χ4v) is 5.86. The van der Waals surface area contributed by atoms with E-state index in [4.69, 9.17) is 14.5 Å². The van der Waals surface area contributed by atoms with Crippen molar-refractivity contribution in [2.45, 2.75) is 70.1 Å². The minimum atomic E-state index is 0.231. The minimum Gasteiger partial charge on any atom is -0.379 e. The van der Waals surface area contributed by atoms with Gasteiger partial charge in [-0.15, -0.1) is 11.3 Å². The van der Waals surface area contributed by atoms with E-state index in [2.05, 4.69) is 24.1 Å². The summed E-state index contributed by atoms with van der Waals surface area (Å²) >= 11 is 1.93. The van der Waals surface area contributed by atoms with Gasteiger partial charge in [0.2, 0.25) is 0 Å². The predicted octanol–water partition coefficient (Wildman–Crippen LogP) is 2.94. The van der Waals surface area contributed by atoms with E-state index in [1.165, 1.54) is 41.3 Å². The lowest BCUT2D eigenvalue weighted by molar-refractivity contribution is -0.126. The van der Waals surface area contributed by atoms with Crippen molar-refractivity contribution in [1.82, 2.24) is 15.2 Å². The predicted molar refractivity (Wildman–Crippen MR) is 105 cm³/mol. The lowest BCUT2D eigenvalue weighted by atomic mass is 9.72. The molecule has 1 unspecified atom stereocenters. The van der Waals surface area contributed by atoms with Crippen molar-refractivity contribution >= 4 is 11.3 Å². The highest BCUT2D eigenvalue weighted by Gasteiger charge is 2.49. The van der Waals surface area contributed by atoms with Gasteiger partial charge in [-0.1, -0.05) is 0 Å². The second-order valence-corrected chi connectivity index (χ2v) is 9.16. The molecule has 0 aromatic carbocycles. The molecular formula is C20H33N3O2S. The molecule has 3 aliphatic rings. The summed E-state index contributed by atoms with van der Waals surface area (Å²) in [5.41, 5.74) is 1.60. The van der Waals surface area contributed by atoms with E-state index in [0.29, 0.717) is 12.1 Å². The quantitative estimate of drug-likeness (QED) is 0.789. The third-order valence-corrected chi connectivity index (χ3v) is 7.61. The van der Waals surface area contributed by atoms with Crippen LogP contribution >= 0.6 is 11.3 Å². The molecule has 2 fully saturated rings. The van der Waals surface area contributed by atoms with Gasteiger partial charge in [-0.05, 0) is 52.4 Å². The first-order chi connectivity index (χ1) is 12.7. The molecule has 1 atom stereocenters. The van der Waals surface area contributed by atoms with Crippen molar-refractivity contribution in [1.29, 1.82) is 0 Å². The Bertz CT molecular complexity index is 570. The Labute approximate surface area is 161 Å². The van der Waals surface area contributed by atoms with Crippen LogP contribution in [-0.4, -0.2) is 61.0 Å². The normalized spacial score (nSPS) is 30.6. The van der Waals surface area contributed by atoms with Crippen molar-refractivity contribution in [3.05, 3.63) is 15.6 Å². The van der Waals surface area contributed by atoms with Crippen molar-refractivity contribution in [3.63, 3.8) is 0 Å². The maximum absolute atomic E-state index is 5.87. The maximum Gasteiger partial charge on any atom is 0.110 e. The number of rotatable bonds is 7. The number of aromatic nitrogens is 1. The summed E-state index contributed by atoms with van der Waals surface area (Å²) in [6.07, 6.45) is 7.72. The number of thiazole rings is 1. The maximum atomic E-state index is 5.87. The summed E-state index contributed by atoms with van der Waals surface area (Å²) in [5, 5.41) is 5.09. The van der Waals surface area contributed by atoms with Crippen LogP contribution in [0.15, 0.2) is 0 Å². The molecule has 4 rings (SSSR count). The molecule has 6 heteroatoms. The summed E-state index contributed by atoms with van der Waals surface area (Å²) in [4.78, 5) is 9.12. The van der Waals surface area contributed by atoms with Gasteiger partial charge in [-0.3, -0.25) is 4.90 Å². The second-order valence-electron chi connectivity index (χ2n) is 8.04. The largest absolute Gasteiger partial charge is 0.379 e. The zero-order valence-electron chi connectivity index (χ0n) is 16.3. The van der Waals surface area contributed by atoms with Crippen LogP contribution < -0.4 is 5.32 Å². The smallest absolute Gasteiger partial charge is 0.110 e.